The predicted octanol–water partition coefficient (Wildman–Crippen LogP) is 4.49. The minimum absolute atomic E-state index is 0.194. The first-order chi connectivity index (χ1) is 13.9. The van der Waals surface area contributed by atoms with Gasteiger partial charge in [-0.15, -0.1) is 10.2 Å². The third-order valence-corrected chi connectivity index (χ3v) is 6.37. The lowest BCUT2D eigenvalue weighted by Gasteiger charge is -2.39. The van der Waals surface area contributed by atoms with E-state index in [1.165, 1.54) is 18.2 Å². The molecule has 2 aromatic rings. The maximum Gasteiger partial charge on any atom is 0.233 e. The molecule has 2 heterocycles. The van der Waals surface area contributed by atoms with Crippen LogP contribution in [-0.2, 0) is 11.3 Å². The third kappa shape index (κ3) is 5.13. The lowest BCUT2D eigenvalue weighted by atomic mass is 9.98. The monoisotopic (exact) mass is 416 g/mol. The Morgan fingerprint density at radius 1 is 1.17 bits per heavy atom. The number of rotatable bonds is 7. The Morgan fingerprint density at radius 3 is 2.41 bits per heavy atom. The van der Waals surface area contributed by atoms with Crippen molar-refractivity contribution in [1.82, 2.24) is 19.7 Å². The Balaban J connectivity index is 1.78. The molecule has 3 rings (SSSR count). The highest BCUT2D eigenvalue weighted by Crippen LogP contribution is 2.28. The van der Waals surface area contributed by atoms with Crippen LogP contribution in [0.5, 0.6) is 5.75 Å². The van der Waals surface area contributed by atoms with Crippen molar-refractivity contribution >= 4 is 17.7 Å². The molecule has 1 saturated heterocycles. The lowest BCUT2D eigenvalue weighted by Crippen LogP contribution is -2.48. The molecule has 1 amide bonds. The van der Waals surface area contributed by atoms with E-state index in [9.17, 15) is 4.79 Å². The van der Waals surface area contributed by atoms with Crippen molar-refractivity contribution in [3.05, 3.63) is 24.3 Å². The fourth-order valence-corrected chi connectivity index (χ4v) is 4.81. The van der Waals surface area contributed by atoms with Gasteiger partial charge in [0.1, 0.15) is 5.75 Å². The summed E-state index contributed by atoms with van der Waals surface area (Å²) in [6.45, 7) is 9.47. The normalized spacial score (nSPS) is 19.6. The van der Waals surface area contributed by atoms with Crippen molar-refractivity contribution in [2.75, 3.05) is 12.9 Å². The number of carbonyl (C=O) groups is 1. The van der Waals surface area contributed by atoms with Crippen LogP contribution >= 0.6 is 11.8 Å². The molecule has 1 aliphatic heterocycles. The van der Waals surface area contributed by atoms with Crippen LogP contribution in [0.25, 0.3) is 11.4 Å². The van der Waals surface area contributed by atoms with Gasteiger partial charge in [-0.3, -0.25) is 4.79 Å². The average molecular weight is 417 g/mol. The van der Waals surface area contributed by atoms with E-state index in [1.807, 2.05) is 24.3 Å². The molecule has 2 atom stereocenters. The molecule has 7 heteroatoms. The van der Waals surface area contributed by atoms with E-state index in [1.54, 1.807) is 7.11 Å². The number of nitrogens with zero attached hydrogens (tertiary/aromatic N) is 4. The van der Waals surface area contributed by atoms with E-state index in [-0.39, 0.29) is 5.91 Å². The van der Waals surface area contributed by atoms with Crippen molar-refractivity contribution in [3.8, 4) is 17.1 Å². The largest absolute Gasteiger partial charge is 0.497 e. The minimum atomic E-state index is 0.194. The Bertz CT molecular complexity index is 809. The summed E-state index contributed by atoms with van der Waals surface area (Å²) < 4.78 is 7.39. The van der Waals surface area contributed by atoms with E-state index in [2.05, 4.69) is 47.4 Å². The average Bonchev–Trinajstić information content (AvgIpc) is 3.08. The summed E-state index contributed by atoms with van der Waals surface area (Å²) in [5.41, 5.74) is 0.996. The van der Waals surface area contributed by atoms with Gasteiger partial charge < -0.3 is 14.2 Å². The van der Waals surface area contributed by atoms with Crippen LogP contribution in [0.15, 0.2) is 29.4 Å². The molecule has 0 radical (unpaired) electrons. The van der Waals surface area contributed by atoms with Crippen LogP contribution < -0.4 is 4.74 Å². The summed E-state index contributed by atoms with van der Waals surface area (Å²) >= 11 is 1.49. The molecular weight excluding hydrogens is 384 g/mol. The molecule has 0 spiro atoms. The number of benzene rings is 1. The quantitative estimate of drug-likeness (QED) is 0.622. The van der Waals surface area contributed by atoms with E-state index < -0.39 is 0 Å². The highest BCUT2D eigenvalue weighted by atomic mass is 32.2. The van der Waals surface area contributed by atoms with Gasteiger partial charge in [0.05, 0.1) is 12.9 Å². The smallest absolute Gasteiger partial charge is 0.233 e. The Hall–Kier alpha value is -2.02. The number of amides is 1. The van der Waals surface area contributed by atoms with E-state index >= 15 is 0 Å². The zero-order valence-electron chi connectivity index (χ0n) is 18.1. The summed E-state index contributed by atoms with van der Waals surface area (Å²) in [6.07, 6.45) is 3.38. The highest BCUT2D eigenvalue weighted by molar-refractivity contribution is 7.99. The molecule has 29 heavy (non-hydrogen) atoms. The second-order valence-electron chi connectivity index (χ2n) is 8.26. The summed E-state index contributed by atoms with van der Waals surface area (Å²) in [7, 11) is 1.66. The van der Waals surface area contributed by atoms with Crippen molar-refractivity contribution in [2.24, 2.45) is 5.92 Å². The molecule has 1 aliphatic rings. The van der Waals surface area contributed by atoms with Gasteiger partial charge in [0.2, 0.25) is 5.91 Å². The number of carbonyl (C=O) groups excluding carboxylic acids is 1. The highest BCUT2D eigenvalue weighted by Gasteiger charge is 2.29. The first kappa shape index (κ1) is 21.7. The topological polar surface area (TPSA) is 60.3 Å². The van der Waals surface area contributed by atoms with Crippen molar-refractivity contribution in [1.29, 1.82) is 0 Å². The van der Waals surface area contributed by atoms with E-state index in [0.717, 1.165) is 41.7 Å². The number of aromatic nitrogens is 3. The summed E-state index contributed by atoms with van der Waals surface area (Å²) in [5, 5.41) is 9.66. The van der Waals surface area contributed by atoms with Gasteiger partial charge in [-0.1, -0.05) is 25.6 Å². The molecule has 158 valence electrons. The molecule has 0 bridgehead atoms. The zero-order chi connectivity index (χ0) is 21.0. The summed E-state index contributed by atoms with van der Waals surface area (Å²) in [6, 6.07) is 8.48. The van der Waals surface area contributed by atoms with E-state index in [0.29, 0.717) is 23.8 Å². The third-order valence-electron chi connectivity index (χ3n) is 5.42. The fraction of sp³-hybridized carbons (Fsp3) is 0.591. The SMILES string of the molecule is COc1ccc(-c2nnc(SCC(=O)N3[C@H](C)CCC[C@@H]3C)n2CC(C)C)cc1. The van der Waals surface area contributed by atoms with Gasteiger partial charge >= 0.3 is 0 Å². The first-order valence-corrected chi connectivity index (χ1v) is 11.4. The molecule has 1 aromatic carbocycles. The summed E-state index contributed by atoms with van der Waals surface area (Å²) in [4.78, 5) is 15.0. The zero-order valence-corrected chi connectivity index (χ0v) is 18.9. The Kier molecular flexibility index (Phi) is 7.22. The van der Waals surface area contributed by atoms with Crippen LogP contribution in [0.3, 0.4) is 0 Å². The standard InChI is InChI=1S/C22H32N4O2S/c1-15(2)13-25-21(18-9-11-19(28-5)12-10-18)23-24-22(25)29-14-20(27)26-16(3)7-6-8-17(26)4/h9-12,15-17H,6-8,13-14H2,1-5H3/t16-,17+. The van der Waals surface area contributed by atoms with Gasteiger partial charge in [0.25, 0.3) is 0 Å². The van der Waals surface area contributed by atoms with Gasteiger partial charge in [-0.25, -0.2) is 0 Å². The second-order valence-corrected chi connectivity index (χ2v) is 9.20. The number of thioether (sulfide) groups is 1. The Labute approximate surface area is 178 Å². The van der Waals surface area contributed by atoms with Crippen LogP contribution in [-0.4, -0.2) is 50.5 Å². The van der Waals surface area contributed by atoms with Crippen molar-refractivity contribution in [2.45, 2.75) is 70.7 Å². The van der Waals surface area contributed by atoms with Crippen LogP contribution in [0.4, 0.5) is 0 Å². The lowest BCUT2D eigenvalue weighted by molar-refractivity contribution is -0.134. The van der Waals surface area contributed by atoms with Gasteiger partial charge in [-0.2, -0.15) is 0 Å². The molecule has 0 unspecified atom stereocenters. The fourth-order valence-electron chi connectivity index (χ4n) is 3.99. The number of hydrogen-bond acceptors (Lipinski definition) is 5. The minimum Gasteiger partial charge on any atom is -0.497 e. The molecule has 1 aromatic heterocycles. The molecular formula is C22H32N4O2S. The molecule has 0 N–H and O–H groups in total. The second kappa shape index (κ2) is 9.65. The maximum atomic E-state index is 12.9. The number of methoxy groups -OCH3 is 1. The van der Waals surface area contributed by atoms with Crippen LogP contribution in [0, 0.1) is 5.92 Å². The number of hydrogen-bond donors (Lipinski definition) is 0. The first-order valence-electron chi connectivity index (χ1n) is 10.4. The number of ether oxygens (including phenoxy) is 1. The van der Waals surface area contributed by atoms with Crippen LogP contribution in [0.2, 0.25) is 0 Å². The molecule has 6 nitrogen and oxygen atoms in total. The number of piperidine rings is 1. The van der Waals surface area contributed by atoms with Gasteiger partial charge in [-0.05, 0) is 63.3 Å². The van der Waals surface area contributed by atoms with E-state index in [4.69, 9.17) is 4.74 Å². The molecule has 0 saturated carbocycles. The molecule has 1 fully saturated rings. The summed E-state index contributed by atoms with van der Waals surface area (Å²) in [5.74, 6) is 2.68. The Morgan fingerprint density at radius 2 is 1.83 bits per heavy atom. The molecule has 0 aliphatic carbocycles. The maximum absolute atomic E-state index is 12.9. The van der Waals surface area contributed by atoms with Crippen LogP contribution in [0.1, 0.15) is 47.0 Å². The van der Waals surface area contributed by atoms with Gasteiger partial charge in [0.15, 0.2) is 11.0 Å². The number of likely N-dealkylation sites (tertiary alicyclic amines) is 1. The van der Waals surface area contributed by atoms with Crippen molar-refractivity contribution < 1.29 is 9.53 Å². The van der Waals surface area contributed by atoms with Crippen molar-refractivity contribution in [3.63, 3.8) is 0 Å². The van der Waals surface area contributed by atoms with Gasteiger partial charge in [0, 0.05) is 24.2 Å². The predicted molar refractivity (Wildman–Crippen MR) is 117 cm³/mol.